The Hall–Kier alpha value is -4.59. The summed E-state index contributed by atoms with van der Waals surface area (Å²) in [5.74, 6) is -2.22. The number of carbonyl (C=O) groups is 3. The van der Waals surface area contributed by atoms with Gasteiger partial charge in [-0.3, -0.25) is 24.5 Å². The highest BCUT2D eigenvalue weighted by molar-refractivity contribution is 6.16. The van der Waals surface area contributed by atoms with E-state index in [2.05, 4.69) is 5.32 Å². The van der Waals surface area contributed by atoms with Crippen LogP contribution in [0.1, 0.15) is 28.4 Å². The van der Waals surface area contributed by atoms with Crippen LogP contribution < -0.4 is 10.2 Å². The number of hydrogen-bond donors (Lipinski definition) is 1. The highest BCUT2D eigenvalue weighted by Crippen LogP contribution is 2.57. The van der Waals surface area contributed by atoms with Crippen LogP contribution >= 0.6 is 0 Å². The molecule has 8 heteroatoms. The van der Waals surface area contributed by atoms with Crippen LogP contribution in [0.5, 0.6) is 0 Å². The maximum atomic E-state index is 14.3. The standard InChI is InChI=1S/C28H21N3O5/c1-16(32)25-24(26(33)18-8-6-9-19(15-18)31(35)36)28(20-10-3-4-11-21(20)29-27(28)34)23-14-13-17-7-2-5-12-22(17)30(23)25/h2-15,23-25H,1H3,(H,29,34)/t23-,24+,25+,28-/m1/s1. The van der Waals surface area contributed by atoms with Crippen molar-refractivity contribution in [2.45, 2.75) is 24.4 Å². The zero-order chi connectivity index (χ0) is 25.2. The number of nitrogens with one attached hydrogen (secondary N) is 1. The van der Waals surface area contributed by atoms with Gasteiger partial charge >= 0.3 is 0 Å². The maximum absolute atomic E-state index is 14.3. The van der Waals surface area contributed by atoms with Gasteiger partial charge in [0.15, 0.2) is 11.6 Å². The first-order chi connectivity index (χ1) is 17.4. The van der Waals surface area contributed by atoms with Gasteiger partial charge in [0.05, 0.1) is 22.9 Å². The van der Waals surface area contributed by atoms with E-state index in [9.17, 15) is 24.5 Å². The van der Waals surface area contributed by atoms with Gasteiger partial charge < -0.3 is 10.2 Å². The number of rotatable bonds is 4. The number of anilines is 2. The molecule has 36 heavy (non-hydrogen) atoms. The summed E-state index contributed by atoms with van der Waals surface area (Å²) in [6.45, 7) is 1.42. The van der Waals surface area contributed by atoms with Gasteiger partial charge in [-0.25, -0.2) is 0 Å². The third-order valence-electron chi connectivity index (χ3n) is 7.58. The van der Waals surface area contributed by atoms with Gasteiger partial charge in [-0.2, -0.15) is 0 Å². The van der Waals surface area contributed by atoms with Crippen molar-refractivity contribution in [2.75, 3.05) is 10.2 Å². The molecule has 3 aliphatic heterocycles. The zero-order valence-electron chi connectivity index (χ0n) is 19.3. The summed E-state index contributed by atoms with van der Waals surface area (Å²) < 4.78 is 0. The monoisotopic (exact) mass is 479 g/mol. The second-order valence-corrected chi connectivity index (χ2v) is 9.34. The number of ketones is 2. The molecular weight excluding hydrogens is 458 g/mol. The largest absolute Gasteiger partial charge is 0.352 e. The van der Waals surface area contributed by atoms with E-state index in [1.54, 1.807) is 12.1 Å². The molecule has 3 heterocycles. The first-order valence-electron chi connectivity index (χ1n) is 11.6. The number of carbonyl (C=O) groups excluding carboxylic acids is 3. The van der Waals surface area contributed by atoms with Crippen molar-refractivity contribution in [1.82, 2.24) is 0 Å². The molecule has 0 saturated carbocycles. The summed E-state index contributed by atoms with van der Waals surface area (Å²) in [5.41, 5.74) is 1.33. The molecule has 178 valence electrons. The summed E-state index contributed by atoms with van der Waals surface area (Å²) in [4.78, 5) is 54.4. The van der Waals surface area contributed by atoms with Gasteiger partial charge in [-0.1, -0.05) is 60.7 Å². The summed E-state index contributed by atoms with van der Waals surface area (Å²) in [7, 11) is 0. The number of Topliss-reactive ketones (excluding diaryl/α,β-unsaturated/α-hetero) is 2. The first-order valence-corrected chi connectivity index (χ1v) is 11.6. The molecule has 8 nitrogen and oxygen atoms in total. The molecule has 0 unspecified atom stereocenters. The normalized spacial score (nSPS) is 25.2. The van der Waals surface area contributed by atoms with Gasteiger partial charge in [0.2, 0.25) is 5.91 Å². The maximum Gasteiger partial charge on any atom is 0.270 e. The summed E-state index contributed by atoms with van der Waals surface area (Å²) in [5, 5.41) is 14.4. The number of benzene rings is 3. The zero-order valence-corrected chi connectivity index (χ0v) is 19.3. The number of fused-ring (bicyclic) bond motifs is 6. The molecule has 1 amide bonds. The van der Waals surface area contributed by atoms with E-state index in [1.807, 2.05) is 53.5 Å². The van der Waals surface area contributed by atoms with Crippen molar-refractivity contribution in [1.29, 1.82) is 0 Å². The molecule has 0 aromatic heterocycles. The summed E-state index contributed by atoms with van der Waals surface area (Å²) >= 11 is 0. The minimum atomic E-state index is -1.40. The molecular formula is C28H21N3O5. The molecule has 3 aliphatic rings. The average molecular weight is 479 g/mol. The van der Waals surface area contributed by atoms with Crippen LogP contribution in [0.3, 0.4) is 0 Å². The predicted molar refractivity (Wildman–Crippen MR) is 134 cm³/mol. The fourth-order valence-electron chi connectivity index (χ4n) is 6.22. The number of para-hydroxylation sites is 2. The van der Waals surface area contributed by atoms with Crippen LogP contribution in [0.15, 0.2) is 78.9 Å². The molecule has 1 N–H and O–H groups in total. The Labute approximate surface area is 206 Å². The fraction of sp³-hybridized carbons (Fsp3) is 0.179. The smallest absolute Gasteiger partial charge is 0.270 e. The molecule has 0 radical (unpaired) electrons. The Bertz CT molecular complexity index is 1510. The highest BCUT2D eigenvalue weighted by atomic mass is 16.6. The van der Waals surface area contributed by atoms with Gasteiger partial charge in [0.1, 0.15) is 5.41 Å². The van der Waals surface area contributed by atoms with Crippen LogP contribution in [-0.2, 0) is 15.0 Å². The van der Waals surface area contributed by atoms with E-state index in [-0.39, 0.29) is 22.9 Å². The van der Waals surface area contributed by atoms with Crippen molar-refractivity contribution in [3.8, 4) is 0 Å². The quantitative estimate of drug-likeness (QED) is 0.342. The van der Waals surface area contributed by atoms with E-state index in [0.29, 0.717) is 11.3 Å². The Kier molecular flexibility index (Phi) is 4.69. The molecule has 1 fully saturated rings. The molecule has 6 rings (SSSR count). The summed E-state index contributed by atoms with van der Waals surface area (Å²) in [6, 6.07) is 18.7. The van der Waals surface area contributed by atoms with Gasteiger partial charge in [-0.05, 0) is 30.2 Å². The van der Waals surface area contributed by atoms with Crippen LogP contribution in [0.25, 0.3) is 6.08 Å². The molecule has 0 aliphatic carbocycles. The van der Waals surface area contributed by atoms with Crippen LogP contribution in [0.2, 0.25) is 0 Å². The van der Waals surface area contributed by atoms with E-state index in [1.165, 1.54) is 31.2 Å². The molecule has 1 saturated heterocycles. The van der Waals surface area contributed by atoms with Crippen molar-refractivity contribution < 1.29 is 19.3 Å². The van der Waals surface area contributed by atoms with Crippen molar-refractivity contribution in [3.63, 3.8) is 0 Å². The number of amides is 1. The van der Waals surface area contributed by atoms with Crippen LogP contribution in [-0.4, -0.2) is 34.5 Å². The fourth-order valence-corrected chi connectivity index (χ4v) is 6.22. The third kappa shape index (κ3) is 2.78. The molecule has 0 bridgehead atoms. The SMILES string of the molecule is CC(=O)[C@H]1[C@@H](C(=O)c2cccc([N+](=O)[O-])c2)[C@]2(C(=O)Nc3ccccc32)[C@H]2C=Cc3ccccc3N12. The lowest BCUT2D eigenvalue weighted by atomic mass is 9.64. The second-order valence-electron chi connectivity index (χ2n) is 9.34. The Balaban J connectivity index is 1.65. The third-order valence-corrected chi connectivity index (χ3v) is 7.58. The Morgan fingerprint density at radius 1 is 1.03 bits per heavy atom. The van der Waals surface area contributed by atoms with E-state index >= 15 is 0 Å². The lowest BCUT2D eigenvalue weighted by Crippen LogP contribution is -2.51. The highest BCUT2D eigenvalue weighted by Gasteiger charge is 2.69. The first kappa shape index (κ1) is 21.9. The number of nitro benzene ring substituents is 1. The van der Waals surface area contributed by atoms with E-state index < -0.39 is 34.1 Å². The van der Waals surface area contributed by atoms with E-state index in [0.717, 1.165) is 11.3 Å². The predicted octanol–water partition coefficient (Wildman–Crippen LogP) is 4.16. The molecule has 3 aromatic rings. The minimum absolute atomic E-state index is 0.0918. The van der Waals surface area contributed by atoms with Crippen molar-refractivity contribution in [3.05, 3.63) is 106 Å². The minimum Gasteiger partial charge on any atom is -0.352 e. The molecule has 4 atom stereocenters. The van der Waals surface area contributed by atoms with E-state index in [4.69, 9.17) is 0 Å². The average Bonchev–Trinajstić information content (AvgIpc) is 3.37. The van der Waals surface area contributed by atoms with Gasteiger partial charge in [-0.15, -0.1) is 0 Å². The molecule has 1 spiro atoms. The molecule has 3 aromatic carbocycles. The number of nitrogens with zero attached hydrogens (tertiary/aromatic N) is 2. The van der Waals surface area contributed by atoms with Crippen LogP contribution in [0.4, 0.5) is 17.1 Å². The second kappa shape index (κ2) is 7.71. The Morgan fingerprint density at radius 2 is 1.78 bits per heavy atom. The van der Waals surface area contributed by atoms with Crippen molar-refractivity contribution >= 4 is 40.6 Å². The number of non-ortho nitro benzene ring substituents is 1. The number of nitro groups is 1. The van der Waals surface area contributed by atoms with Crippen molar-refractivity contribution in [2.24, 2.45) is 5.92 Å². The number of hydrogen-bond acceptors (Lipinski definition) is 6. The summed E-state index contributed by atoms with van der Waals surface area (Å²) in [6.07, 6.45) is 3.81. The lowest BCUT2D eigenvalue weighted by molar-refractivity contribution is -0.384. The Morgan fingerprint density at radius 3 is 2.56 bits per heavy atom. The van der Waals surface area contributed by atoms with Gasteiger partial charge in [0.25, 0.3) is 5.69 Å². The topological polar surface area (TPSA) is 110 Å². The van der Waals surface area contributed by atoms with Crippen LogP contribution in [0, 0.1) is 16.0 Å². The van der Waals surface area contributed by atoms with Gasteiger partial charge in [0, 0.05) is 29.1 Å². The lowest BCUT2D eigenvalue weighted by Gasteiger charge is -2.37.